The fourth-order valence-corrected chi connectivity index (χ4v) is 4.54. The van der Waals surface area contributed by atoms with Crippen molar-refractivity contribution in [2.45, 2.75) is 12.8 Å². The molecule has 0 amide bonds. The molecule has 0 bridgehead atoms. The van der Waals surface area contributed by atoms with Gasteiger partial charge in [0.2, 0.25) is 0 Å². The Kier molecular flexibility index (Phi) is 5.41. The highest BCUT2D eigenvalue weighted by Gasteiger charge is 2.17. The third kappa shape index (κ3) is 4.04. The number of aromatic nitrogens is 4. The summed E-state index contributed by atoms with van der Waals surface area (Å²) >= 11 is 1.59. The zero-order valence-electron chi connectivity index (χ0n) is 16.7. The van der Waals surface area contributed by atoms with Gasteiger partial charge in [0.25, 0.3) is 0 Å². The number of pyridine rings is 1. The molecule has 0 saturated carbocycles. The van der Waals surface area contributed by atoms with Gasteiger partial charge in [-0.3, -0.25) is 4.98 Å². The molecule has 1 aromatic carbocycles. The van der Waals surface area contributed by atoms with E-state index in [2.05, 4.69) is 49.9 Å². The van der Waals surface area contributed by atoms with Gasteiger partial charge in [0.05, 0.1) is 22.0 Å². The number of halogens is 1. The molecule has 0 saturated heterocycles. The molecule has 4 aromatic heterocycles. The summed E-state index contributed by atoms with van der Waals surface area (Å²) in [5.41, 5.74) is 4.52. The predicted molar refractivity (Wildman–Crippen MR) is 124 cm³/mol. The molecule has 2 N–H and O–H groups in total. The summed E-state index contributed by atoms with van der Waals surface area (Å²) in [6.07, 6.45) is 8.50. The number of hydrogen-bond acceptors (Lipinski definition) is 5. The van der Waals surface area contributed by atoms with Gasteiger partial charge in [0.1, 0.15) is 5.82 Å². The fraction of sp³-hybridized carbons (Fsp3) is 0.125. The number of aromatic amines is 1. The molecule has 5 rings (SSSR count). The van der Waals surface area contributed by atoms with E-state index in [0.29, 0.717) is 11.4 Å². The zero-order chi connectivity index (χ0) is 21.0. The second-order valence-corrected chi connectivity index (χ2v) is 8.07. The third-order valence-electron chi connectivity index (χ3n) is 5.12. The summed E-state index contributed by atoms with van der Waals surface area (Å²) in [7, 11) is 0. The highest BCUT2D eigenvalue weighted by molar-refractivity contribution is 7.18. The zero-order valence-corrected chi connectivity index (χ0v) is 17.5. The first kappa shape index (κ1) is 19.4. The third-order valence-corrected chi connectivity index (χ3v) is 6.09. The van der Waals surface area contributed by atoms with E-state index >= 15 is 0 Å². The first-order valence-corrected chi connectivity index (χ1v) is 11.0. The second-order valence-electron chi connectivity index (χ2n) is 7.19. The van der Waals surface area contributed by atoms with Crippen molar-refractivity contribution in [1.82, 2.24) is 19.9 Å². The molecule has 0 aliphatic rings. The van der Waals surface area contributed by atoms with Crippen LogP contribution in [0.1, 0.15) is 12.0 Å². The molecule has 5 aromatic rings. The number of anilines is 1. The summed E-state index contributed by atoms with van der Waals surface area (Å²) in [4.78, 5) is 16.4. The highest BCUT2D eigenvalue weighted by Crippen LogP contribution is 2.37. The normalized spacial score (nSPS) is 11.1. The van der Waals surface area contributed by atoms with Crippen molar-refractivity contribution < 1.29 is 4.39 Å². The molecule has 4 heterocycles. The maximum Gasteiger partial charge on any atom is 0.165 e. The van der Waals surface area contributed by atoms with E-state index in [9.17, 15) is 4.39 Å². The van der Waals surface area contributed by atoms with Gasteiger partial charge in [-0.1, -0.05) is 30.3 Å². The average molecular weight is 430 g/mol. The number of fused-ring (bicyclic) bond motifs is 1. The van der Waals surface area contributed by atoms with Crippen molar-refractivity contribution in [1.29, 1.82) is 0 Å². The van der Waals surface area contributed by atoms with Crippen LogP contribution in [0, 0.1) is 5.82 Å². The minimum absolute atomic E-state index is 0.343. The van der Waals surface area contributed by atoms with Crippen molar-refractivity contribution in [3.63, 3.8) is 0 Å². The molecule has 0 spiro atoms. The number of aryl methyl sites for hydroxylation is 1. The Balaban J connectivity index is 1.49. The number of nitrogens with one attached hydrogen (secondary N) is 2. The van der Waals surface area contributed by atoms with Crippen LogP contribution in [-0.4, -0.2) is 26.5 Å². The Labute approximate surface area is 183 Å². The number of rotatable bonds is 7. The van der Waals surface area contributed by atoms with E-state index < -0.39 is 5.82 Å². The lowest BCUT2D eigenvalue weighted by Crippen LogP contribution is -2.06. The van der Waals surface area contributed by atoms with Crippen molar-refractivity contribution in [3.8, 4) is 22.5 Å². The van der Waals surface area contributed by atoms with Gasteiger partial charge >= 0.3 is 0 Å². The fourth-order valence-electron chi connectivity index (χ4n) is 3.56. The van der Waals surface area contributed by atoms with Gasteiger partial charge in [-0.05, 0) is 30.5 Å². The van der Waals surface area contributed by atoms with Crippen LogP contribution in [0.5, 0.6) is 0 Å². The first-order valence-electron chi connectivity index (χ1n) is 10.1. The average Bonchev–Trinajstić information content (AvgIpc) is 3.47. The highest BCUT2D eigenvalue weighted by atomic mass is 32.1. The first-order chi connectivity index (χ1) is 15.3. The molecule has 0 aliphatic carbocycles. The number of nitrogens with zero attached hydrogens (tertiary/aromatic N) is 3. The molecule has 31 heavy (non-hydrogen) atoms. The summed E-state index contributed by atoms with van der Waals surface area (Å²) in [6, 6.07) is 14.0. The van der Waals surface area contributed by atoms with Gasteiger partial charge < -0.3 is 10.3 Å². The van der Waals surface area contributed by atoms with Crippen LogP contribution in [0.2, 0.25) is 0 Å². The van der Waals surface area contributed by atoms with Crippen LogP contribution in [0.3, 0.4) is 0 Å². The molecular formula is C24H20FN5S. The van der Waals surface area contributed by atoms with Gasteiger partial charge in [-0.2, -0.15) is 0 Å². The van der Waals surface area contributed by atoms with Crippen molar-refractivity contribution in [2.24, 2.45) is 0 Å². The van der Waals surface area contributed by atoms with Crippen molar-refractivity contribution >= 4 is 27.4 Å². The summed E-state index contributed by atoms with van der Waals surface area (Å²) in [5.74, 6) is 0.652. The molecule has 0 radical (unpaired) electrons. The molecule has 154 valence electrons. The van der Waals surface area contributed by atoms with Gasteiger partial charge in [0, 0.05) is 41.6 Å². The molecule has 0 unspecified atom stereocenters. The van der Waals surface area contributed by atoms with Gasteiger partial charge in [-0.25, -0.2) is 14.4 Å². The largest absolute Gasteiger partial charge is 0.369 e. The number of hydrogen-bond donors (Lipinski definition) is 2. The quantitative estimate of drug-likeness (QED) is 0.315. The van der Waals surface area contributed by atoms with E-state index in [0.717, 1.165) is 46.5 Å². The van der Waals surface area contributed by atoms with E-state index in [1.54, 1.807) is 23.6 Å². The van der Waals surface area contributed by atoms with Crippen LogP contribution in [0.25, 0.3) is 32.7 Å². The number of thiophene rings is 1. The Morgan fingerprint density at radius 1 is 1.03 bits per heavy atom. The van der Waals surface area contributed by atoms with E-state index in [4.69, 9.17) is 4.98 Å². The maximum absolute atomic E-state index is 14.4. The lowest BCUT2D eigenvalue weighted by Gasteiger charge is -2.10. The second kappa shape index (κ2) is 8.65. The number of H-pyrrole nitrogens is 1. The summed E-state index contributed by atoms with van der Waals surface area (Å²) in [6.45, 7) is 0.761. The van der Waals surface area contributed by atoms with Gasteiger partial charge in [-0.15, -0.1) is 11.3 Å². The Morgan fingerprint density at radius 2 is 1.94 bits per heavy atom. The van der Waals surface area contributed by atoms with Crippen LogP contribution in [0.15, 0.2) is 72.6 Å². The standard InChI is InChI=1S/C24H20FN5S/c25-20-14-27-12-9-18(20)23-29-21-19(17-8-11-26-13-17)15-31-22(21)24(30-23)28-10-4-7-16-5-2-1-3-6-16/h1-3,5-6,8-9,11-15,26H,4,7,10H2,(H,28,29,30). The molecule has 7 heteroatoms. The van der Waals surface area contributed by atoms with Gasteiger partial charge in [0.15, 0.2) is 11.6 Å². The molecule has 0 aliphatic heterocycles. The minimum atomic E-state index is -0.435. The predicted octanol–water partition coefficient (Wildman–Crippen LogP) is 5.93. The molecule has 0 atom stereocenters. The monoisotopic (exact) mass is 429 g/mol. The van der Waals surface area contributed by atoms with E-state index in [1.807, 2.05) is 24.5 Å². The SMILES string of the molecule is Fc1cnccc1-c1nc(NCCCc2ccccc2)c2scc(-c3cc[nH]c3)c2n1. The molecule has 5 nitrogen and oxygen atoms in total. The molecule has 0 fully saturated rings. The smallest absolute Gasteiger partial charge is 0.165 e. The lowest BCUT2D eigenvalue weighted by atomic mass is 10.1. The lowest BCUT2D eigenvalue weighted by molar-refractivity contribution is 0.623. The van der Waals surface area contributed by atoms with E-state index in [1.165, 1.54) is 11.8 Å². The van der Waals surface area contributed by atoms with Crippen LogP contribution in [-0.2, 0) is 6.42 Å². The van der Waals surface area contributed by atoms with Crippen LogP contribution < -0.4 is 5.32 Å². The van der Waals surface area contributed by atoms with Crippen LogP contribution >= 0.6 is 11.3 Å². The molecular weight excluding hydrogens is 409 g/mol. The summed E-state index contributed by atoms with van der Waals surface area (Å²) < 4.78 is 15.4. The number of benzene rings is 1. The van der Waals surface area contributed by atoms with Crippen LogP contribution in [0.4, 0.5) is 10.2 Å². The van der Waals surface area contributed by atoms with Crippen molar-refractivity contribution in [3.05, 3.63) is 84.0 Å². The minimum Gasteiger partial charge on any atom is -0.369 e. The Morgan fingerprint density at radius 3 is 2.74 bits per heavy atom. The Bertz CT molecular complexity index is 1300. The topological polar surface area (TPSA) is 66.5 Å². The van der Waals surface area contributed by atoms with Crippen molar-refractivity contribution in [2.75, 3.05) is 11.9 Å². The Hall–Kier alpha value is -3.58. The summed E-state index contributed by atoms with van der Waals surface area (Å²) in [5, 5.41) is 5.53. The van der Waals surface area contributed by atoms with E-state index in [-0.39, 0.29) is 0 Å². The maximum atomic E-state index is 14.4.